The van der Waals surface area contributed by atoms with E-state index in [1.54, 1.807) is 32.4 Å². The average Bonchev–Trinajstić information content (AvgIpc) is 2.74. The molecule has 0 saturated heterocycles. The van der Waals surface area contributed by atoms with Crippen molar-refractivity contribution in [3.8, 4) is 5.75 Å². The van der Waals surface area contributed by atoms with Crippen LogP contribution in [0.5, 0.6) is 5.75 Å². The standard InChI is InChI=1S/C21H23N3O4S/c1-27-11-5-10-24-20(26)16-9-8-14(12-17(16)23-21(24)29)19(25)22-13-15-6-3-4-7-18(15)28-2/h3-4,6-9,12H,5,10-11,13H2,1-2H3,(H,22,25)(H,23,29). The van der Waals surface area contributed by atoms with Crippen LogP contribution in [0, 0.1) is 4.77 Å². The summed E-state index contributed by atoms with van der Waals surface area (Å²) in [7, 11) is 3.21. The summed E-state index contributed by atoms with van der Waals surface area (Å²) in [6, 6.07) is 12.4. The fourth-order valence-corrected chi connectivity index (χ4v) is 3.38. The maximum atomic E-state index is 12.7. The zero-order valence-electron chi connectivity index (χ0n) is 16.4. The highest BCUT2D eigenvalue weighted by Crippen LogP contribution is 2.17. The van der Waals surface area contributed by atoms with Crippen LogP contribution in [-0.4, -0.2) is 36.3 Å². The van der Waals surface area contributed by atoms with Crippen LogP contribution in [0.4, 0.5) is 0 Å². The first-order valence-electron chi connectivity index (χ1n) is 9.21. The highest BCUT2D eigenvalue weighted by Gasteiger charge is 2.11. The number of H-pyrrole nitrogens is 1. The van der Waals surface area contributed by atoms with E-state index in [1.807, 2.05) is 24.3 Å². The van der Waals surface area contributed by atoms with Crippen molar-refractivity contribution in [2.24, 2.45) is 0 Å². The number of nitrogens with zero attached hydrogens (tertiary/aromatic N) is 1. The Kier molecular flexibility index (Phi) is 6.79. The number of ether oxygens (including phenoxy) is 2. The lowest BCUT2D eigenvalue weighted by Gasteiger charge is -2.11. The average molecular weight is 413 g/mol. The lowest BCUT2D eigenvalue weighted by Crippen LogP contribution is -2.25. The molecule has 0 fully saturated rings. The maximum absolute atomic E-state index is 12.7. The van der Waals surface area contributed by atoms with Gasteiger partial charge in [0.05, 0.1) is 18.0 Å². The van der Waals surface area contributed by atoms with Crippen LogP contribution in [0.2, 0.25) is 0 Å². The van der Waals surface area contributed by atoms with E-state index in [-0.39, 0.29) is 11.5 Å². The second kappa shape index (κ2) is 9.49. The quantitative estimate of drug-likeness (QED) is 0.438. The van der Waals surface area contributed by atoms with Crippen LogP contribution < -0.4 is 15.6 Å². The third-order valence-electron chi connectivity index (χ3n) is 4.61. The maximum Gasteiger partial charge on any atom is 0.262 e. The molecule has 29 heavy (non-hydrogen) atoms. The molecule has 0 saturated carbocycles. The van der Waals surface area contributed by atoms with E-state index in [1.165, 1.54) is 4.57 Å². The molecule has 0 aliphatic heterocycles. The minimum Gasteiger partial charge on any atom is -0.496 e. The fraction of sp³-hybridized carbons (Fsp3) is 0.286. The van der Waals surface area contributed by atoms with Crippen LogP contribution >= 0.6 is 12.2 Å². The first kappa shape index (κ1) is 20.8. The second-order valence-corrected chi connectivity index (χ2v) is 6.87. The monoisotopic (exact) mass is 413 g/mol. The van der Waals surface area contributed by atoms with Crippen LogP contribution in [-0.2, 0) is 17.8 Å². The first-order valence-corrected chi connectivity index (χ1v) is 9.62. The summed E-state index contributed by atoms with van der Waals surface area (Å²) in [5, 5.41) is 3.36. The number of benzene rings is 2. The number of aromatic nitrogens is 2. The summed E-state index contributed by atoms with van der Waals surface area (Å²) in [5.74, 6) is 0.464. The Bertz CT molecular complexity index is 1140. The van der Waals surface area contributed by atoms with Crippen molar-refractivity contribution in [2.75, 3.05) is 20.8 Å². The number of fused-ring (bicyclic) bond motifs is 1. The lowest BCUT2D eigenvalue weighted by molar-refractivity contribution is 0.0951. The van der Waals surface area contributed by atoms with Crippen molar-refractivity contribution >= 4 is 29.0 Å². The van der Waals surface area contributed by atoms with Crippen molar-refractivity contribution in [1.82, 2.24) is 14.9 Å². The summed E-state index contributed by atoms with van der Waals surface area (Å²) in [5.41, 5.74) is 1.67. The van der Waals surface area contributed by atoms with Gasteiger partial charge in [-0.05, 0) is 42.9 Å². The van der Waals surface area contributed by atoms with E-state index < -0.39 is 0 Å². The van der Waals surface area contributed by atoms with Gasteiger partial charge in [-0.3, -0.25) is 14.2 Å². The highest BCUT2D eigenvalue weighted by atomic mass is 32.1. The van der Waals surface area contributed by atoms with Gasteiger partial charge in [-0.15, -0.1) is 0 Å². The molecule has 0 aliphatic carbocycles. The third kappa shape index (κ3) is 4.72. The highest BCUT2D eigenvalue weighted by molar-refractivity contribution is 7.71. The number of carbonyl (C=O) groups is 1. The Morgan fingerprint density at radius 2 is 2.00 bits per heavy atom. The number of methoxy groups -OCH3 is 2. The van der Waals surface area contributed by atoms with Gasteiger partial charge in [-0.25, -0.2) is 0 Å². The smallest absolute Gasteiger partial charge is 0.262 e. The van der Waals surface area contributed by atoms with E-state index >= 15 is 0 Å². The number of rotatable bonds is 8. The van der Waals surface area contributed by atoms with Crippen LogP contribution in [0.15, 0.2) is 47.3 Å². The zero-order chi connectivity index (χ0) is 20.8. The molecule has 8 heteroatoms. The predicted octanol–water partition coefficient (Wildman–Crippen LogP) is 3.03. The molecule has 2 aromatic carbocycles. The summed E-state index contributed by atoms with van der Waals surface area (Å²) in [6.45, 7) is 1.35. The number of hydrogen-bond donors (Lipinski definition) is 2. The molecule has 0 atom stereocenters. The van der Waals surface area contributed by atoms with Crippen LogP contribution in [0.3, 0.4) is 0 Å². The van der Waals surface area contributed by atoms with Crippen molar-refractivity contribution < 1.29 is 14.3 Å². The molecule has 2 N–H and O–H groups in total. The van der Waals surface area contributed by atoms with Gasteiger partial charge in [0.15, 0.2) is 4.77 Å². The molecule has 1 aromatic heterocycles. The van der Waals surface area contributed by atoms with Gasteiger partial charge < -0.3 is 19.8 Å². The molecule has 1 amide bonds. The minimum atomic E-state index is -0.249. The summed E-state index contributed by atoms with van der Waals surface area (Å²) < 4.78 is 12.2. The normalized spacial score (nSPS) is 10.8. The molecule has 0 spiro atoms. The Morgan fingerprint density at radius 1 is 1.21 bits per heavy atom. The Morgan fingerprint density at radius 3 is 2.76 bits per heavy atom. The molecule has 0 radical (unpaired) electrons. The molecule has 0 aliphatic rings. The van der Waals surface area contributed by atoms with Crippen molar-refractivity contribution in [2.45, 2.75) is 19.5 Å². The number of nitrogens with one attached hydrogen (secondary N) is 2. The minimum absolute atomic E-state index is 0.180. The van der Waals surface area contributed by atoms with Gasteiger partial charge in [0.25, 0.3) is 11.5 Å². The summed E-state index contributed by atoms with van der Waals surface area (Å²) in [4.78, 5) is 28.4. The molecule has 1 heterocycles. The second-order valence-electron chi connectivity index (χ2n) is 6.49. The SMILES string of the molecule is COCCCn1c(=S)[nH]c2cc(C(=O)NCc3ccccc3OC)ccc2c1=O. The van der Waals surface area contributed by atoms with Crippen molar-refractivity contribution in [3.05, 3.63) is 68.7 Å². The number of para-hydroxylation sites is 1. The molecule has 3 aromatic rings. The number of carbonyl (C=O) groups excluding carboxylic acids is 1. The number of hydrogen-bond acceptors (Lipinski definition) is 5. The van der Waals surface area contributed by atoms with Gasteiger partial charge in [0, 0.05) is 37.9 Å². The Hall–Kier alpha value is -2.97. The number of aromatic amines is 1. The third-order valence-corrected chi connectivity index (χ3v) is 4.93. The fourth-order valence-electron chi connectivity index (χ4n) is 3.09. The Balaban J connectivity index is 1.82. The van der Waals surface area contributed by atoms with Crippen LogP contribution in [0.25, 0.3) is 10.9 Å². The molecule has 0 bridgehead atoms. The van der Waals surface area contributed by atoms with Crippen molar-refractivity contribution in [3.63, 3.8) is 0 Å². The van der Waals surface area contributed by atoms with Crippen molar-refractivity contribution in [1.29, 1.82) is 0 Å². The molecule has 152 valence electrons. The summed E-state index contributed by atoms with van der Waals surface area (Å²) in [6.07, 6.45) is 0.683. The largest absolute Gasteiger partial charge is 0.496 e. The molecular weight excluding hydrogens is 390 g/mol. The molecular formula is C21H23N3O4S. The van der Waals surface area contributed by atoms with E-state index in [0.29, 0.717) is 53.1 Å². The Labute approximate surface area is 173 Å². The van der Waals surface area contributed by atoms with Gasteiger partial charge in [0.2, 0.25) is 0 Å². The molecule has 0 unspecified atom stereocenters. The van der Waals surface area contributed by atoms with Crippen LogP contribution in [0.1, 0.15) is 22.3 Å². The molecule has 7 nitrogen and oxygen atoms in total. The lowest BCUT2D eigenvalue weighted by atomic mass is 10.1. The van der Waals surface area contributed by atoms with Gasteiger partial charge in [-0.2, -0.15) is 0 Å². The van der Waals surface area contributed by atoms with Gasteiger partial charge in [-0.1, -0.05) is 18.2 Å². The topological polar surface area (TPSA) is 85.3 Å². The van der Waals surface area contributed by atoms with E-state index in [0.717, 1.165) is 5.56 Å². The first-order chi connectivity index (χ1) is 14.0. The van der Waals surface area contributed by atoms with E-state index in [9.17, 15) is 9.59 Å². The zero-order valence-corrected chi connectivity index (χ0v) is 17.2. The van der Waals surface area contributed by atoms with E-state index in [2.05, 4.69) is 10.3 Å². The number of amides is 1. The molecule has 3 rings (SSSR count). The van der Waals surface area contributed by atoms with Gasteiger partial charge in [0.1, 0.15) is 5.75 Å². The predicted molar refractivity (Wildman–Crippen MR) is 114 cm³/mol. The summed E-state index contributed by atoms with van der Waals surface area (Å²) >= 11 is 5.32. The van der Waals surface area contributed by atoms with Gasteiger partial charge >= 0.3 is 0 Å². The van der Waals surface area contributed by atoms with E-state index in [4.69, 9.17) is 21.7 Å².